The molecule has 0 unspecified atom stereocenters. The van der Waals surface area contributed by atoms with E-state index >= 15 is 0 Å². The van der Waals surface area contributed by atoms with Crippen LogP contribution in [0.2, 0.25) is 0 Å². The second kappa shape index (κ2) is 12.2. The van der Waals surface area contributed by atoms with Crippen LogP contribution < -0.4 is 14.4 Å². The van der Waals surface area contributed by atoms with Crippen molar-refractivity contribution in [2.24, 2.45) is 0 Å². The summed E-state index contributed by atoms with van der Waals surface area (Å²) in [6, 6.07) is 14.8. The normalized spacial score (nSPS) is 13.1. The van der Waals surface area contributed by atoms with Crippen molar-refractivity contribution in [3.05, 3.63) is 78.6 Å². The lowest BCUT2D eigenvalue weighted by molar-refractivity contribution is -0.132. The highest BCUT2D eigenvalue weighted by Gasteiger charge is 2.25. The molecule has 2 heterocycles. The van der Waals surface area contributed by atoms with Gasteiger partial charge >= 0.3 is 0 Å². The van der Waals surface area contributed by atoms with E-state index in [2.05, 4.69) is 21.7 Å². The van der Waals surface area contributed by atoms with E-state index in [1.165, 1.54) is 29.2 Å². The van der Waals surface area contributed by atoms with E-state index in [0.29, 0.717) is 43.4 Å². The Labute approximate surface area is 221 Å². The summed E-state index contributed by atoms with van der Waals surface area (Å²) >= 11 is 0. The van der Waals surface area contributed by atoms with Gasteiger partial charge in [0.2, 0.25) is 5.91 Å². The number of amides is 2. The number of aromatic nitrogens is 2. The molecule has 38 heavy (non-hydrogen) atoms. The number of ether oxygens (including phenoxy) is 2. The van der Waals surface area contributed by atoms with Crippen molar-refractivity contribution in [2.75, 3.05) is 58.4 Å². The average Bonchev–Trinajstić information content (AvgIpc) is 2.96. The maximum absolute atomic E-state index is 13.6. The number of methoxy groups -OCH3 is 2. The summed E-state index contributed by atoms with van der Waals surface area (Å²) in [5.41, 5.74) is 1.75. The molecule has 1 aliphatic rings. The Morgan fingerprint density at radius 1 is 1.00 bits per heavy atom. The molecule has 198 valence electrons. The van der Waals surface area contributed by atoms with E-state index in [1.807, 2.05) is 30.3 Å². The lowest BCUT2D eigenvalue weighted by Crippen LogP contribution is -2.52. The molecular formula is C28H30FN5O4. The van der Waals surface area contributed by atoms with Gasteiger partial charge in [-0.05, 0) is 48.5 Å². The van der Waals surface area contributed by atoms with Crippen LogP contribution in [0.5, 0.6) is 11.5 Å². The molecule has 1 fully saturated rings. The molecule has 2 aromatic carbocycles. The Kier molecular flexibility index (Phi) is 8.52. The van der Waals surface area contributed by atoms with Crippen LogP contribution in [0.15, 0.2) is 67.3 Å². The molecular weight excluding hydrogens is 489 g/mol. The number of rotatable bonds is 9. The zero-order valence-corrected chi connectivity index (χ0v) is 21.5. The molecule has 0 atom stereocenters. The molecule has 1 saturated heterocycles. The van der Waals surface area contributed by atoms with Gasteiger partial charge in [-0.25, -0.2) is 4.39 Å². The minimum Gasteiger partial charge on any atom is -0.493 e. The van der Waals surface area contributed by atoms with E-state index in [-0.39, 0.29) is 24.6 Å². The monoisotopic (exact) mass is 519 g/mol. The molecule has 0 radical (unpaired) electrons. The van der Waals surface area contributed by atoms with Gasteiger partial charge in [0.15, 0.2) is 17.3 Å². The summed E-state index contributed by atoms with van der Waals surface area (Å²) in [5.74, 6) is 0.875. The largest absolute Gasteiger partial charge is 0.493 e. The molecule has 0 saturated carbocycles. The molecule has 10 heteroatoms. The summed E-state index contributed by atoms with van der Waals surface area (Å²) in [6.07, 6.45) is 1.55. The van der Waals surface area contributed by atoms with Gasteiger partial charge in [-0.3, -0.25) is 9.59 Å². The molecule has 0 aliphatic carbocycles. The van der Waals surface area contributed by atoms with Crippen LogP contribution in [0.3, 0.4) is 0 Å². The quantitative estimate of drug-likeness (QED) is 0.401. The van der Waals surface area contributed by atoms with E-state index < -0.39 is 11.7 Å². The minimum absolute atomic E-state index is 0.110. The maximum atomic E-state index is 13.6. The van der Waals surface area contributed by atoms with Crippen molar-refractivity contribution in [1.29, 1.82) is 0 Å². The lowest BCUT2D eigenvalue weighted by atomic mass is 10.1. The molecule has 0 N–H and O–H groups in total. The van der Waals surface area contributed by atoms with Crippen molar-refractivity contribution in [3.8, 4) is 22.8 Å². The zero-order valence-electron chi connectivity index (χ0n) is 21.5. The standard InChI is InChI=1S/C28H30FN5O4/c1-4-12-34(28(36)21-6-5-7-22(29)17-21)19-27(35)33-15-13-32(14-16-33)26-11-9-23(30-31-26)20-8-10-24(37-2)25(18-20)38-3/h4-11,17-18H,1,12-16,19H2,2-3H3. The lowest BCUT2D eigenvalue weighted by Gasteiger charge is -2.36. The smallest absolute Gasteiger partial charge is 0.254 e. The summed E-state index contributed by atoms with van der Waals surface area (Å²) < 4.78 is 24.2. The molecule has 3 aromatic rings. The highest BCUT2D eigenvalue weighted by molar-refractivity contribution is 5.96. The molecule has 4 rings (SSSR count). The first-order valence-electron chi connectivity index (χ1n) is 12.2. The summed E-state index contributed by atoms with van der Waals surface area (Å²) in [6.45, 7) is 5.87. The molecule has 0 spiro atoms. The van der Waals surface area contributed by atoms with Gasteiger partial charge in [0.1, 0.15) is 12.4 Å². The van der Waals surface area contributed by atoms with Crippen LogP contribution in [-0.2, 0) is 4.79 Å². The first-order chi connectivity index (χ1) is 18.4. The minimum atomic E-state index is -0.503. The van der Waals surface area contributed by atoms with Crippen molar-refractivity contribution in [2.45, 2.75) is 0 Å². The first-order valence-corrected chi connectivity index (χ1v) is 12.2. The third-order valence-electron chi connectivity index (χ3n) is 6.32. The maximum Gasteiger partial charge on any atom is 0.254 e. The van der Waals surface area contributed by atoms with Gasteiger partial charge in [-0.15, -0.1) is 16.8 Å². The van der Waals surface area contributed by atoms with Crippen LogP contribution in [0.25, 0.3) is 11.3 Å². The fraction of sp³-hybridized carbons (Fsp3) is 0.286. The van der Waals surface area contributed by atoms with Crippen molar-refractivity contribution >= 4 is 17.6 Å². The van der Waals surface area contributed by atoms with Gasteiger partial charge in [0, 0.05) is 43.9 Å². The number of piperazine rings is 1. The predicted octanol–water partition coefficient (Wildman–Crippen LogP) is 3.28. The summed E-state index contributed by atoms with van der Waals surface area (Å²) in [7, 11) is 3.17. The molecule has 0 bridgehead atoms. The Bertz CT molecular complexity index is 1290. The topological polar surface area (TPSA) is 88.1 Å². The fourth-order valence-corrected chi connectivity index (χ4v) is 4.27. The van der Waals surface area contributed by atoms with Crippen LogP contribution in [-0.4, -0.2) is 85.3 Å². The number of halogens is 1. The fourth-order valence-electron chi connectivity index (χ4n) is 4.27. The van der Waals surface area contributed by atoms with Gasteiger partial charge in [-0.1, -0.05) is 12.1 Å². The van der Waals surface area contributed by atoms with Gasteiger partial charge in [0.05, 0.1) is 19.9 Å². The molecule has 1 aliphatic heterocycles. The Morgan fingerprint density at radius 3 is 2.39 bits per heavy atom. The van der Waals surface area contributed by atoms with Gasteiger partial charge in [0.25, 0.3) is 5.91 Å². The summed E-state index contributed by atoms with van der Waals surface area (Å²) in [5, 5.41) is 8.76. The number of hydrogen-bond acceptors (Lipinski definition) is 7. The third-order valence-corrected chi connectivity index (χ3v) is 6.32. The van der Waals surface area contributed by atoms with E-state index in [9.17, 15) is 14.0 Å². The number of carbonyl (C=O) groups is 2. The SMILES string of the molecule is C=CCN(CC(=O)N1CCN(c2ccc(-c3ccc(OC)c(OC)c3)nn2)CC1)C(=O)c1cccc(F)c1. The van der Waals surface area contributed by atoms with Crippen molar-refractivity contribution in [1.82, 2.24) is 20.0 Å². The predicted molar refractivity (Wildman–Crippen MR) is 142 cm³/mol. The second-order valence-corrected chi connectivity index (χ2v) is 8.70. The Balaban J connectivity index is 1.35. The van der Waals surface area contributed by atoms with Crippen molar-refractivity contribution in [3.63, 3.8) is 0 Å². The van der Waals surface area contributed by atoms with Crippen LogP contribution in [0.4, 0.5) is 10.2 Å². The zero-order chi connectivity index (χ0) is 27.1. The number of nitrogens with zero attached hydrogens (tertiary/aromatic N) is 5. The second-order valence-electron chi connectivity index (χ2n) is 8.70. The van der Waals surface area contributed by atoms with E-state index in [0.717, 1.165) is 11.4 Å². The molecule has 9 nitrogen and oxygen atoms in total. The highest BCUT2D eigenvalue weighted by Crippen LogP contribution is 2.31. The molecule has 1 aromatic heterocycles. The van der Waals surface area contributed by atoms with E-state index in [1.54, 1.807) is 25.2 Å². The average molecular weight is 520 g/mol. The van der Waals surface area contributed by atoms with Crippen LogP contribution >= 0.6 is 0 Å². The highest BCUT2D eigenvalue weighted by atomic mass is 19.1. The Hall–Kier alpha value is -4.47. The number of hydrogen-bond donors (Lipinski definition) is 0. The number of carbonyl (C=O) groups excluding carboxylic acids is 2. The van der Waals surface area contributed by atoms with Crippen LogP contribution in [0.1, 0.15) is 10.4 Å². The van der Waals surface area contributed by atoms with Crippen LogP contribution in [0, 0.1) is 5.82 Å². The van der Waals surface area contributed by atoms with Crippen molar-refractivity contribution < 1.29 is 23.5 Å². The van der Waals surface area contributed by atoms with Gasteiger partial charge < -0.3 is 24.2 Å². The number of benzene rings is 2. The number of anilines is 1. The van der Waals surface area contributed by atoms with E-state index in [4.69, 9.17) is 9.47 Å². The molecule has 2 amide bonds. The summed E-state index contributed by atoms with van der Waals surface area (Å²) in [4.78, 5) is 31.0. The Morgan fingerprint density at radius 2 is 1.76 bits per heavy atom. The third kappa shape index (κ3) is 6.08. The first kappa shape index (κ1) is 26.6. The van der Waals surface area contributed by atoms with Gasteiger partial charge in [-0.2, -0.15) is 0 Å².